The highest BCUT2D eigenvalue weighted by molar-refractivity contribution is 14.0. The minimum Gasteiger partial charge on any atom is -0.469 e. The zero-order valence-corrected chi connectivity index (χ0v) is 18.9. The van der Waals surface area contributed by atoms with Crippen LogP contribution in [-0.4, -0.2) is 55.6 Å². The number of carbonyl (C=O) groups excluding carboxylic acids is 1. The molecule has 2 unspecified atom stereocenters. The molecule has 27 heavy (non-hydrogen) atoms. The Morgan fingerprint density at radius 3 is 2.93 bits per heavy atom. The molecule has 1 aromatic carbocycles. The van der Waals surface area contributed by atoms with E-state index in [2.05, 4.69) is 27.1 Å². The van der Waals surface area contributed by atoms with Crippen LogP contribution < -0.4 is 5.32 Å². The molecule has 0 saturated carbocycles. The molecule has 1 saturated heterocycles. The molecule has 2 heterocycles. The quantitative estimate of drug-likeness (QED) is 0.290. The van der Waals surface area contributed by atoms with E-state index in [1.165, 1.54) is 12.7 Å². The van der Waals surface area contributed by atoms with Gasteiger partial charge < -0.3 is 19.9 Å². The third-order valence-corrected chi connectivity index (χ3v) is 5.27. The molecule has 0 amide bonds. The summed E-state index contributed by atoms with van der Waals surface area (Å²) in [5, 5.41) is 5.29. The van der Waals surface area contributed by atoms with Crippen molar-refractivity contribution >= 4 is 58.4 Å². The second-order valence-corrected chi connectivity index (χ2v) is 7.18. The predicted octanol–water partition coefficient (Wildman–Crippen LogP) is 3.30. The van der Waals surface area contributed by atoms with Gasteiger partial charge in [-0.2, -0.15) is 0 Å². The number of H-pyrrole nitrogens is 1. The van der Waals surface area contributed by atoms with Gasteiger partial charge >= 0.3 is 5.97 Å². The zero-order valence-electron chi connectivity index (χ0n) is 15.8. The fourth-order valence-corrected chi connectivity index (χ4v) is 3.77. The van der Waals surface area contributed by atoms with Crippen molar-refractivity contribution in [3.8, 4) is 0 Å². The predicted molar refractivity (Wildman–Crippen MR) is 120 cm³/mol. The molecule has 0 spiro atoms. The summed E-state index contributed by atoms with van der Waals surface area (Å²) in [4.78, 5) is 21.6. The molecule has 3 rings (SSSR count). The summed E-state index contributed by atoms with van der Waals surface area (Å²) in [5.74, 6) is 0.818. The Balaban J connectivity index is 0.00000261. The van der Waals surface area contributed by atoms with E-state index in [4.69, 9.17) is 16.3 Å². The van der Waals surface area contributed by atoms with Gasteiger partial charge in [-0.05, 0) is 36.1 Å². The number of aromatic nitrogens is 1. The summed E-state index contributed by atoms with van der Waals surface area (Å²) >= 11 is 6.11. The Hall–Kier alpha value is -1.48. The number of guanidine groups is 1. The summed E-state index contributed by atoms with van der Waals surface area (Å²) in [7, 11) is 3.21. The number of hydrogen-bond donors (Lipinski definition) is 2. The van der Waals surface area contributed by atoms with Crippen LogP contribution in [0.25, 0.3) is 10.9 Å². The maximum absolute atomic E-state index is 11.9. The van der Waals surface area contributed by atoms with Crippen molar-refractivity contribution in [3.05, 3.63) is 35.0 Å². The van der Waals surface area contributed by atoms with E-state index in [0.717, 1.165) is 41.4 Å². The van der Waals surface area contributed by atoms with Gasteiger partial charge in [-0.1, -0.05) is 18.5 Å². The molecule has 2 N–H and O–H groups in total. The van der Waals surface area contributed by atoms with E-state index >= 15 is 0 Å². The SMILES string of the molecule is CN=C(NCCc1c[nH]c2ccc(Cl)cc12)N1CC(C)C(C(=O)OC)C1.I. The van der Waals surface area contributed by atoms with E-state index in [1.807, 2.05) is 24.4 Å². The van der Waals surface area contributed by atoms with Crippen LogP contribution in [0.3, 0.4) is 0 Å². The molecule has 6 nitrogen and oxygen atoms in total. The van der Waals surface area contributed by atoms with Gasteiger partial charge in [-0.3, -0.25) is 9.79 Å². The first kappa shape index (κ1) is 21.8. The minimum atomic E-state index is -0.147. The highest BCUT2D eigenvalue weighted by Crippen LogP contribution is 2.24. The van der Waals surface area contributed by atoms with Gasteiger partial charge in [0, 0.05) is 48.8 Å². The number of ether oxygens (including phenoxy) is 1. The van der Waals surface area contributed by atoms with Crippen LogP contribution in [-0.2, 0) is 16.0 Å². The molecule has 0 aliphatic carbocycles. The first-order valence-corrected chi connectivity index (χ1v) is 9.20. The molecule has 1 aliphatic heterocycles. The van der Waals surface area contributed by atoms with Gasteiger partial charge in [-0.15, -0.1) is 24.0 Å². The number of nitrogens with one attached hydrogen (secondary N) is 2. The molecule has 2 atom stereocenters. The Kier molecular flexibility index (Phi) is 7.79. The molecule has 8 heteroatoms. The van der Waals surface area contributed by atoms with Crippen molar-refractivity contribution in [1.29, 1.82) is 0 Å². The van der Waals surface area contributed by atoms with Crippen molar-refractivity contribution in [2.24, 2.45) is 16.8 Å². The number of benzene rings is 1. The van der Waals surface area contributed by atoms with Crippen LogP contribution in [0.15, 0.2) is 29.4 Å². The number of rotatable bonds is 4. The topological polar surface area (TPSA) is 69.7 Å². The average Bonchev–Trinajstić information content (AvgIpc) is 3.21. The van der Waals surface area contributed by atoms with Crippen LogP contribution in [0, 0.1) is 11.8 Å². The molecular formula is C19H26ClIN4O2. The lowest BCUT2D eigenvalue weighted by Crippen LogP contribution is -2.41. The Bertz CT molecular complexity index is 823. The van der Waals surface area contributed by atoms with Gasteiger partial charge in [-0.25, -0.2) is 0 Å². The Labute approximate surface area is 181 Å². The smallest absolute Gasteiger partial charge is 0.310 e. The fraction of sp³-hybridized carbons (Fsp3) is 0.474. The van der Waals surface area contributed by atoms with Gasteiger partial charge in [0.1, 0.15) is 0 Å². The number of aliphatic imine (C=N–C) groups is 1. The van der Waals surface area contributed by atoms with Crippen LogP contribution in [0.1, 0.15) is 12.5 Å². The van der Waals surface area contributed by atoms with E-state index in [9.17, 15) is 4.79 Å². The highest BCUT2D eigenvalue weighted by atomic mass is 127. The molecule has 2 aromatic rings. The molecule has 0 bridgehead atoms. The largest absolute Gasteiger partial charge is 0.469 e. The van der Waals surface area contributed by atoms with E-state index < -0.39 is 0 Å². The first-order valence-electron chi connectivity index (χ1n) is 8.82. The van der Waals surface area contributed by atoms with Crippen LogP contribution in [0.4, 0.5) is 0 Å². The third kappa shape index (κ3) is 4.87. The van der Waals surface area contributed by atoms with Crippen molar-refractivity contribution in [2.75, 3.05) is 33.8 Å². The van der Waals surface area contributed by atoms with Gasteiger partial charge in [0.15, 0.2) is 5.96 Å². The number of fused-ring (bicyclic) bond motifs is 1. The van der Waals surface area contributed by atoms with E-state index in [1.54, 1.807) is 7.05 Å². The molecule has 148 valence electrons. The number of hydrogen-bond acceptors (Lipinski definition) is 3. The monoisotopic (exact) mass is 504 g/mol. The number of methoxy groups -OCH3 is 1. The van der Waals surface area contributed by atoms with Crippen molar-refractivity contribution in [2.45, 2.75) is 13.3 Å². The lowest BCUT2D eigenvalue weighted by atomic mass is 9.99. The van der Waals surface area contributed by atoms with Crippen LogP contribution >= 0.6 is 35.6 Å². The number of halogens is 2. The molecule has 1 fully saturated rings. The van der Waals surface area contributed by atoms with Crippen molar-refractivity contribution in [1.82, 2.24) is 15.2 Å². The number of esters is 1. The fourth-order valence-electron chi connectivity index (χ4n) is 3.60. The highest BCUT2D eigenvalue weighted by Gasteiger charge is 2.36. The second kappa shape index (κ2) is 9.64. The molecule has 1 aromatic heterocycles. The summed E-state index contributed by atoms with van der Waals surface area (Å²) in [6.45, 7) is 4.25. The Morgan fingerprint density at radius 1 is 1.44 bits per heavy atom. The third-order valence-electron chi connectivity index (χ3n) is 5.03. The summed E-state index contributed by atoms with van der Waals surface area (Å²) in [6.07, 6.45) is 2.87. The first-order chi connectivity index (χ1) is 12.5. The summed E-state index contributed by atoms with van der Waals surface area (Å²) < 4.78 is 4.91. The maximum Gasteiger partial charge on any atom is 0.310 e. The minimum absolute atomic E-state index is 0. The second-order valence-electron chi connectivity index (χ2n) is 6.74. The van der Waals surface area contributed by atoms with E-state index in [-0.39, 0.29) is 41.8 Å². The number of likely N-dealkylation sites (tertiary alicyclic amines) is 1. The molecule has 1 aliphatic rings. The number of carbonyl (C=O) groups is 1. The average molecular weight is 505 g/mol. The van der Waals surface area contributed by atoms with Crippen LogP contribution in [0.2, 0.25) is 5.02 Å². The van der Waals surface area contributed by atoms with Gasteiger partial charge in [0.05, 0.1) is 13.0 Å². The number of nitrogens with zero attached hydrogens (tertiary/aromatic N) is 2. The van der Waals surface area contributed by atoms with Gasteiger partial charge in [0.2, 0.25) is 0 Å². The zero-order chi connectivity index (χ0) is 18.7. The normalized spacial score (nSPS) is 19.9. The van der Waals surface area contributed by atoms with Crippen LogP contribution in [0.5, 0.6) is 0 Å². The summed E-state index contributed by atoms with van der Waals surface area (Å²) in [5.41, 5.74) is 2.30. The molecule has 0 radical (unpaired) electrons. The Morgan fingerprint density at radius 2 is 2.22 bits per heavy atom. The van der Waals surface area contributed by atoms with Crippen molar-refractivity contribution < 1.29 is 9.53 Å². The number of aromatic amines is 1. The van der Waals surface area contributed by atoms with Gasteiger partial charge in [0.25, 0.3) is 0 Å². The maximum atomic E-state index is 11.9. The molecular weight excluding hydrogens is 479 g/mol. The standard InChI is InChI=1S/C19H25ClN4O2.HI/c1-12-10-24(11-16(12)18(25)26-3)19(21-2)22-7-6-13-9-23-17-5-4-14(20)8-15(13)17;/h4-5,8-9,12,16,23H,6-7,10-11H2,1-3H3,(H,21,22);1H. The lowest BCUT2D eigenvalue weighted by Gasteiger charge is -2.21. The van der Waals surface area contributed by atoms with Crippen molar-refractivity contribution in [3.63, 3.8) is 0 Å². The lowest BCUT2D eigenvalue weighted by molar-refractivity contribution is -0.145. The summed E-state index contributed by atoms with van der Waals surface area (Å²) in [6, 6.07) is 5.86. The van der Waals surface area contributed by atoms with E-state index in [0.29, 0.717) is 6.54 Å².